The van der Waals surface area contributed by atoms with Crippen molar-refractivity contribution in [2.24, 2.45) is 0 Å². The van der Waals surface area contributed by atoms with Crippen molar-refractivity contribution in [1.82, 2.24) is 14.1 Å². The number of nitrogens with two attached hydrogens (primary N) is 1. The average molecular weight is 468 g/mol. The van der Waals surface area contributed by atoms with Crippen molar-refractivity contribution in [3.63, 3.8) is 0 Å². The molecular weight excluding hydrogens is 434 g/mol. The summed E-state index contributed by atoms with van der Waals surface area (Å²) in [6.45, 7) is 9.38. The van der Waals surface area contributed by atoms with Gasteiger partial charge < -0.3 is 14.7 Å². The van der Waals surface area contributed by atoms with Gasteiger partial charge >= 0.3 is 5.69 Å². The lowest BCUT2D eigenvalue weighted by atomic mass is 10.2. The lowest BCUT2D eigenvalue weighted by molar-refractivity contribution is -0.114. The quantitative estimate of drug-likeness (QED) is 0.442. The van der Waals surface area contributed by atoms with Crippen LogP contribution < -0.4 is 21.9 Å². The number of hydrogen-bond acceptors (Lipinski definition) is 5. The van der Waals surface area contributed by atoms with Gasteiger partial charge in [0.15, 0.2) is 5.69 Å². The number of aromatic amines is 1. The van der Waals surface area contributed by atoms with Crippen LogP contribution in [-0.2, 0) is 24.4 Å². The number of hydrogen-bond donors (Lipinski definition) is 2. The van der Waals surface area contributed by atoms with Gasteiger partial charge in [-0.25, -0.2) is 4.79 Å². The Balaban J connectivity index is 2.03. The molecule has 3 rings (SSSR count). The molecule has 0 fully saturated rings. The number of amides is 1. The van der Waals surface area contributed by atoms with E-state index in [1.54, 1.807) is 18.2 Å². The van der Waals surface area contributed by atoms with Crippen molar-refractivity contribution >= 4 is 23.5 Å². The highest BCUT2D eigenvalue weighted by Gasteiger charge is 2.24. The lowest BCUT2D eigenvalue weighted by Crippen LogP contribution is -2.40. The Morgan fingerprint density at radius 2 is 1.94 bits per heavy atom. The first-order valence-electron chi connectivity index (χ1n) is 11.6. The molecule has 0 radical (unpaired) electrons. The maximum Gasteiger partial charge on any atom is 0.330 e. The molecule has 0 saturated carbocycles. The first-order valence-corrected chi connectivity index (χ1v) is 11.6. The highest BCUT2D eigenvalue weighted by Crippen LogP contribution is 2.22. The van der Waals surface area contributed by atoms with E-state index in [2.05, 4.69) is 16.5 Å². The van der Waals surface area contributed by atoms with Gasteiger partial charge in [-0.3, -0.25) is 24.0 Å². The molecule has 3 aromatic rings. The second-order valence-electron chi connectivity index (χ2n) is 8.31. The van der Waals surface area contributed by atoms with E-state index >= 15 is 0 Å². The van der Waals surface area contributed by atoms with Crippen LogP contribution in [0, 0.1) is 13.8 Å². The zero-order valence-corrected chi connectivity index (χ0v) is 20.3. The maximum atomic E-state index is 13.4. The topological polar surface area (TPSA) is 119 Å². The van der Waals surface area contributed by atoms with Crippen LogP contribution in [0.25, 0.3) is 6.08 Å². The van der Waals surface area contributed by atoms with E-state index in [0.29, 0.717) is 18.7 Å². The van der Waals surface area contributed by atoms with E-state index in [0.717, 1.165) is 36.3 Å². The maximum absolute atomic E-state index is 13.4. The van der Waals surface area contributed by atoms with Crippen molar-refractivity contribution in [2.45, 2.75) is 66.6 Å². The monoisotopic (exact) mass is 467 g/mol. The van der Waals surface area contributed by atoms with Crippen molar-refractivity contribution in [3.8, 4) is 0 Å². The Bertz CT molecular complexity index is 1280. The van der Waals surface area contributed by atoms with E-state index in [4.69, 9.17) is 10.2 Å². The molecule has 182 valence electrons. The molecule has 3 heterocycles. The van der Waals surface area contributed by atoms with E-state index in [1.165, 1.54) is 21.8 Å². The summed E-state index contributed by atoms with van der Waals surface area (Å²) >= 11 is 0. The van der Waals surface area contributed by atoms with Gasteiger partial charge in [0.05, 0.1) is 12.8 Å². The second kappa shape index (κ2) is 10.9. The molecule has 0 aliphatic carbocycles. The minimum atomic E-state index is -0.718. The Morgan fingerprint density at radius 3 is 2.59 bits per heavy atom. The number of H-pyrrole nitrogens is 1. The summed E-state index contributed by atoms with van der Waals surface area (Å²) < 4.78 is 8.92. The molecule has 0 unspecified atom stereocenters. The molecule has 0 atom stereocenters. The summed E-state index contributed by atoms with van der Waals surface area (Å²) in [6.07, 6.45) is 7.20. The predicted molar refractivity (Wildman–Crippen MR) is 134 cm³/mol. The van der Waals surface area contributed by atoms with Gasteiger partial charge in [-0.1, -0.05) is 20.3 Å². The first-order chi connectivity index (χ1) is 16.3. The van der Waals surface area contributed by atoms with Crippen molar-refractivity contribution in [2.75, 3.05) is 10.6 Å². The predicted octanol–water partition coefficient (Wildman–Crippen LogP) is 3.59. The van der Waals surface area contributed by atoms with E-state index in [-0.39, 0.29) is 18.1 Å². The molecule has 0 spiro atoms. The number of rotatable bonds is 10. The minimum Gasteiger partial charge on any atom is -0.467 e. The summed E-state index contributed by atoms with van der Waals surface area (Å²) in [6, 6.07) is 5.43. The van der Waals surface area contributed by atoms with Crippen LogP contribution in [-0.4, -0.2) is 20.0 Å². The van der Waals surface area contributed by atoms with Crippen LogP contribution in [0.15, 0.2) is 44.5 Å². The zero-order chi connectivity index (χ0) is 24.8. The molecule has 1 amide bonds. The number of nitrogens with zero attached hydrogens (tertiary/aromatic N) is 3. The third-order valence-electron chi connectivity index (χ3n) is 5.84. The summed E-state index contributed by atoms with van der Waals surface area (Å²) in [4.78, 5) is 42.1. The number of aromatic nitrogens is 3. The van der Waals surface area contributed by atoms with Gasteiger partial charge in [0.25, 0.3) is 11.5 Å². The van der Waals surface area contributed by atoms with Crippen molar-refractivity contribution in [3.05, 3.63) is 74.1 Å². The van der Waals surface area contributed by atoms with Gasteiger partial charge in [0.2, 0.25) is 0 Å². The van der Waals surface area contributed by atoms with Crippen LogP contribution in [0.4, 0.5) is 11.5 Å². The lowest BCUT2D eigenvalue weighted by Gasteiger charge is -2.22. The number of carbonyl (C=O) groups excluding carboxylic acids is 1. The molecule has 0 bridgehead atoms. The van der Waals surface area contributed by atoms with Gasteiger partial charge in [0, 0.05) is 30.6 Å². The van der Waals surface area contributed by atoms with Crippen LogP contribution in [0.2, 0.25) is 0 Å². The third-order valence-corrected chi connectivity index (χ3v) is 5.84. The van der Waals surface area contributed by atoms with Gasteiger partial charge in [0.1, 0.15) is 11.6 Å². The largest absolute Gasteiger partial charge is 0.467 e. The fourth-order valence-corrected chi connectivity index (χ4v) is 4.02. The molecule has 9 nitrogen and oxygen atoms in total. The molecule has 0 saturated heterocycles. The molecule has 0 aliphatic heterocycles. The fraction of sp³-hybridized carbons (Fsp3) is 0.400. The molecular formula is C25H33N5O4. The molecule has 3 N–H and O–H groups in total. The number of unbranched alkanes of at least 4 members (excludes halogenated alkanes) is 1. The van der Waals surface area contributed by atoms with Gasteiger partial charge in [-0.05, 0) is 56.5 Å². The van der Waals surface area contributed by atoms with E-state index in [9.17, 15) is 14.4 Å². The number of aryl methyl sites for hydroxylation is 1. The SMILES string of the molecule is CCCCn1c(N)c(N(Cc2ccco2)C(=O)C=Cc2cc(C)n(CCC)c2C)c(=O)[nH]c1=O. The summed E-state index contributed by atoms with van der Waals surface area (Å²) in [7, 11) is 0. The number of carbonyl (C=O) groups is 1. The molecule has 3 aromatic heterocycles. The Labute approximate surface area is 198 Å². The standard InChI is InChI=1S/C25H33N5O4/c1-5-7-13-29-23(26)22(24(32)27-25(29)33)30(16-20-9-8-14-34-20)21(31)11-10-19-15-17(3)28(12-6-2)18(19)4/h8-11,14-15H,5-7,12-13,16,26H2,1-4H3,(H,27,32,33). The second-order valence-corrected chi connectivity index (χ2v) is 8.31. The van der Waals surface area contributed by atoms with E-state index < -0.39 is 17.2 Å². The zero-order valence-electron chi connectivity index (χ0n) is 20.3. The molecule has 0 aliphatic rings. The summed E-state index contributed by atoms with van der Waals surface area (Å²) in [5.74, 6) is -0.0146. The van der Waals surface area contributed by atoms with E-state index in [1.807, 2.05) is 26.8 Å². The first kappa shape index (κ1) is 24.9. The molecule has 9 heteroatoms. The molecule has 34 heavy (non-hydrogen) atoms. The minimum absolute atomic E-state index is 0.00963. The summed E-state index contributed by atoms with van der Waals surface area (Å²) in [5, 5.41) is 0. The van der Waals surface area contributed by atoms with Crippen LogP contribution in [0.3, 0.4) is 0 Å². The highest BCUT2D eigenvalue weighted by molar-refractivity contribution is 6.05. The van der Waals surface area contributed by atoms with Crippen molar-refractivity contribution in [1.29, 1.82) is 0 Å². The van der Waals surface area contributed by atoms with Crippen LogP contribution in [0.5, 0.6) is 0 Å². The summed E-state index contributed by atoms with van der Waals surface area (Å²) in [5.41, 5.74) is 7.99. The number of nitrogen functional groups attached to an aromatic ring is 1. The average Bonchev–Trinajstić information content (AvgIpc) is 3.40. The number of anilines is 2. The third kappa shape index (κ3) is 5.24. The van der Waals surface area contributed by atoms with Gasteiger partial charge in [-0.15, -0.1) is 0 Å². The van der Waals surface area contributed by atoms with Crippen molar-refractivity contribution < 1.29 is 9.21 Å². The molecule has 0 aromatic carbocycles. The smallest absolute Gasteiger partial charge is 0.330 e. The number of furan rings is 1. The van der Waals surface area contributed by atoms with Gasteiger partial charge in [-0.2, -0.15) is 0 Å². The normalized spacial score (nSPS) is 11.4. The fourth-order valence-electron chi connectivity index (χ4n) is 4.02. The van der Waals surface area contributed by atoms with Crippen LogP contribution >= 0.6 is 0 Å². The number of nitrogens with one attached hydrogen (secondary N) is 1. The van der Waals surface area contributed by atoms with Crippen LogP contribution in [0.1, 0.15) is 55.8 Å². The highest BCUT2D eigenvalue weighted by atomic mass is 16.3. The Kier molecular flexibility index (Phi) is 7.99. The Morgan fingerprint density at radius 1 is 1.18 bits per heavy atom. The Hall–Kier alpha value is -3.75.